The number of aryl methyl sites for hydroxylation is 2. The molecule has 0 amide bonds. The van der Waals surface area contributed by atoms with E-state index in [4.69, 9.17) is 35.9 Å². The number of piperidine rings is 1. The molecule has 7 rings (SSSR count). The summed E-state index contributed by atoms with van der Waals surface area (Å²) in [5.41, 5.74) is 5.24. The Balaban J connectivity index is 1.56. The van der Waals surface area contributed by atoms with Gasteiger partial charge in [-0.2, -0.15) is 9.61 Å². The highest BCUT2D eigenvalue weighted by atomic mass is 35.5. The van der Waals surface area contributed by atoms with Crippen LogP contribution in [0.3, 0.4) is 0 Å². The maximum Gasteiger partial charge on any atom is 0.337 e. The number of carboxylic acid groups (broad SMARTS) is 1. The largest absolute Gasteiger partial charge is 0.490 e. The number of halogens is 1. The van der Waals surface area contributed by atoms with Crippen LogP contribution in [0.25, 0.3) is 28.0 Å². The van der Waals surface area contributed by atoms with E-state index in [0.29, 0.717) is 53.1 Å². The molecule has 1 fully saturated rings. The molecule has 5 heterocycles. The smallest absolute Gasteiger partial charge is 0.337 e. The minimum atomic E-state index is -1.23. The predicted octanol–water partition coefficient (Wildman–Crippen LogP) is 8.60. The number of rotatable bonds is 3. The highest BCUT2D eigenvalue weighted by Gasteiger charge is 2.38. The molecular formula is C38H47ClN4O5. The lowest BCUT2D eigenvalue weighted by Crippen LogP contribution is -2.46. The van der Waals surface area contributed by atoms with Gasteiger partial charge in [-0.25, -0.2) is 9.78 Å². The second-order valence-electron chi connectivity index (χ2n) is 14.5. The van der Waals surface area contributed by atoms with Gasteiger partial charge in [-0.3, -0.25) is 0 Å². The molecular weight excluding hydrogens is 628 g/mol. The van der Waals surface area contributed by atoms with Crippen molar-refractivity contribution in [2.75, 3.05) is 24.6 Å². The molecule has 0 spiro atoms. The lowest BCUT2D eigenvalue weighted by Gasteiger charge is -2.41. The molecule has 0 unspecified atom stereocenters. The number of nitrogens with zero attached hydrogens (tertiary/aromatic N) is 4. The Morgan fingerprint density at radius 3 is 2.58 bits per heavy atom. The zero-order chi connectivity index (χ0) is 34.4. The van der Waals surface area contributed by atoms with E-state index in [0.717, 1.165) is 60.1 Å². The normalized spacial score (nSPS) is 21.2. The van der Waals surface area contributed by atoms with Crippen LogP contribution in [0.5, 0.6) is 5.75 Å². The molecule has 256 valence electrons. The Labute approximate surface area is 288 Å². The van der Waals surface area contributed by atoms with Crippen molar-refractivity contribution in [3.8, 4) is 28.1 Å². The van der Waals surface area contributed by atoms with E-state index in [2.05, 4.69) is 37.8 Å². The minimum absolute atomic E-state index is 0.00684. The minimum Gasteiger partial charge on any atom is -0.490 e. The molecule has 0 saturated carbocycles. The average Bonchev–Trinajstić information content (AvgIpc) is 3.43. The monoisotopic (exact) mass is 674 g/mol. The summed E-state index contributed by atoms with van der Waals surface area (Å²) in [6, 6.07) is 14.0. The van der Waals surface area contributed by atoms with Crippen LogP contribution in [0, 0.1) is 13.8 Å². The van der Waals surface area contributed by atoms with Crippen LogP contribution < -0.4 is 9.64 Å². The molecule has 2 aromatic carbocycles. The van der Waals surface area contributed by atoms with Crippen molar-refractivity contribution in [3.05, 3.63) is 64.3 Å². The maximum absolute atomic E-state index is 12.8. The number of hydrogen-bond acceptors (Lipinski definition) is 7. The highest BCUT2D eigenvalue weighted by Crippen LogP contribution is 2.42. The first-order valence-electron chi connectivity index (χ1n) is 17.0. The first-order chi connectivity index (χ1) is 22.7. The molecule has 48 heavy (non-hydrogen) atoms. The summed E-state index contributed by atoms with van der Waals surface area (Å²) in [5, 5.41) is 16.2. The van der Waals surface area contributed by atoms with Crippen molar-refractivity contribution in [2.24, 2.45) is 0 Å². The number of aliphatic carboxylic acids is 1. The Bertz CT molecular complexity index is 1820. The van der Waals surface area contributed by atoms with E-state index in [1.54, 1.807) is 4.52 Å². The average molecular weight is 675 g/mol. The van der Waals surface area contributed by atoms with Crippen molar-refractivity contribution < 1.29 is 24.1 Å². The second-order valence-corrected chi connectivity index (χ2v) is 14.9. The fourth-order valence-electron chi connectivity index (χ4n) is 6.83. The Morgan fingerprint density at radius 2 is 1.88 bits per heavy atom. The Hall–Kier alpha value is -3.66. The molecule has 4 aromatic rings. The second kappa shape index (κ2) is 13.3. The van der Waals surface area contributed by atoms with E-state index in [1.807, 2.05) is 58.0 Å². The Kier molecular flexibility index (Phi) is 9.50. The molecule has 3 aliphatic heterocycles. The van der Waals surface area contributed by atoms with Crippen LogP contribution >= 0.6 is 11.6 Å². The number of aromatic nitrogens is 3. The molecule has 3 aliphatic rings. The van der Waals surface area contributed by atoms with Crippen LogP contribution in [-0.2, 0) is 14.3 Å². The quantitative estimate of drug-likeness (QED) is 0.231. The maximum atomic E-state index is 12.8. The topological polar surface area (TPSA) is 98.4 Å². The lowest BCUT2D eigenvalue weighted by atomic mass is 9.92. The van der Waals surface area contributed by atoms with Crippen molar-refractivity contribution in [3.63, 3.8) is 0 Å². The van der Waals surface area contributed by atoms with Gasteiger partial charge in [-0.15, -0.1) is 0 Å². The first-order valence-corrected chi connectivity index (χ1v) is 17.4. The van der Waals surface area contributed by atoms with Gasteiger partial charge in [-0.1, -0.05) is 29.8 Å². The Morgan fingerprint density at radius 1 is 1.12 bits per heavy atom. The molecule has 2 atom stereocenters. The summed E-state index contributed by atoms with van der Waals surface area (Å²) in [6.45, 7) is 15.8. The summed E-state index contributed by atoms with van der Waals surface area (Å²) < 4.78 is 21.1. The van der Waals surface area contributed by atoms with Gasteiger partial charge in [0.05, 0.1) is 33.6 Å². The van der Waals surface area contributed by atoms with Gasteiger partial charge >= 0.3 is 5.97 Å². The molecule has 1 N–H and O–H groups in total. The van der Waals surface area contributed by atoms with E-state index >= 15 is 0 Å². The number of anilines is 1. The fourth-order valence-corrected chi connectivity index (χ4v) is 7.10. The van der Waals surface area contributed by atoms with Crippen molar-refractivity contribution in [1.82, 2.24) is 14.6 Å². The van der Waals surface area contributed by atoms with Crippen molar-refractivity contribution in [1.29, 1.82) is 0 Å². The number of carbonyl (C=O) groups is 1. The van der Waals surface area contributed by atoms with E-state index in [9.17, 15) is 9.90 Å². The third kappa shape index (κ3) is 7.05. The molecule has 6 bridgehead atoms. The summed E-state index contributed by atoms with van der Waals surface area (Å²) in [7, 11) is 0. The van der Waals surface area contributed by atoms with Gasteiger partial charge < -0.3 is 24.2 Å². The summed E-state index contributed by atoms with van der Waals surface area (Å²) in [6.07, 6.45) is 3.18. The van der Waals surface area contributed by atoms with E-state index < -0.39 is 17.7 Å². The van der Waals surface area contributed by atoms with Gasteiger partial charge in [0.2, 0.25) is 0 Å². The van der Waals surface area contributed by atoms with E-state index in [-0.39, 0.29) is 11.7 Å². The van der Waals surface area contributed by atoms with Crippen LogP contribution in [0.1, 0.15) is 89.6 Å². The first kappa shape index (κ1) is 34.2. The van der Waals surface area contributed by atoms with Gasteiger partial charge in [0, 0.05) is 42.6 Å². The SMILES string of the molecule is Cc1ccc2cc1-c1c(Cl)cccc1O[C@H](C)CCCCOC1(C)CCN(CC1)c1c([C@H](OC(C)(C)C)C(=O)O)c(C)nc3cc-2nn13. The zero-order valence-corrected chi connectivity index (χ0v) is 29.9. The highest BCUT2D eigenvalue weighted by molar-refractivity contribution is 6.33. The zero-order valence-electron chi connectivity index (χ0n) is 29.1. The standard InChI is InChI=1S/C38H47ClN4O5/c1-23-14-15-26-21-27(23)33-28(39)12-10-13-30(33)47-24(2)11-8-9-20-46-38(7)16-18-42(19-17-38)35-32(34(36(44)45)48-37(4,5)6)25(3)40-31-22-29(26)41-43(31)35/h10,12-15,21-22,24,34H,8-9,11,16-20H2,1-7H3,(H,44,45)/t24-,34+/m1/s1. The number of hydrogen-bond donors (Lipinski definition) is 1. The molecule has 9 nitrogen and oxygen atoms in total. The van der Waals surface area contributed by atoms with Crippen LogP contribution in [0.4, 0.5) is 5.82 Å². The number of fused-ring (bicyclic) bond motifs is 8. The van der Waals surface area contributed by atoms with Gasteiger partial charge in [0.1, 0.15) is 11.6 Å². The van der Waals surface area contributed by atoms with E-state index in [1.165, 1.54) is 0 Å². The molecule has 0 aliphatic carbocycles. The van der Waals surface area contributed by atoms with Crippen LogP contribution in [-0.4, -0.2) is 62.7 Å². The summed E-state index contributed by atoms with van der Waals surface area (Å²) in [5.74, 6) is 0.376. The lowest BCUT2D eigenvalue weighted by molar-refractivity contribution is -0.160. The third-order valence-electron chi connectivity index (χ3n) is 9.44. The van der Waals surface area contributed by atoms with Crippen molar-refractivity contribution in [2.45, 2.75) is 104 Å². The number of carboxylic acids is 1. The summed E-state index contributed by atoms with van der Waals surface area (Å²) >= 11 is 6.88. The van der Waals surface area contributed by atoms with Crippen LogP contribution in [0.15, 0.2) is 42.5 Å². The number of benzene rings is 2. The molecule has 10 heteroatoms. The van der Waals surface area contributed by atoms with Crippen molar-refractivity contribution >= 4 is 29.0 Å². The third-order valence-corrected chi connectivity index (χ3v) is 9.76. The van der Waals surface area contributed by atoms with Gasteiger partial charge in [0.25, 0.3) is 0 Å². The van der Waals surface area contributed by atoms with Crippen LogP contribution in [0.2, 0.25) is 5.02 Å². The summed E-state index contributed by atoms with van der Waals surface area (Å²) in [4.78, 5) is 20.0. The van der Waals surface area contributed by atoms with Gasteiger partial charge in [-0.05, 0) is 110 Å². The molecule has 2 aromatic heterocycles. The molecule has 1 saturated heterocycles. The predicted molar refractivity (Wildman–Crippen MR) is 189 cm³/mol. The molecule has 0 radical (unpaired) electrons. The number of ether oxygens (including phenoxy) is 3. The van der Waals surface area contributed by atoms with Gasteiger partial charge in [0.15, 0.2) is 11.8 Å². The fraction of sp³-hybridized carbons (Fsp3) is 0.500.